The summed E-state index contributed by atoms with van der Waals surface area (Å²) in [7, 11) is 0. The molecule has 0 unspecified atom stereocenters. The maximum atomic E-state index is 12.4. The second-order valence-corrected chi connectivity index (χ2v) is 4.13. The van der Waals surface area contributed by atoms with Crippen LogP contribution in [0.3, 0.4) is 0 Å². The quantitative estimate of drug-likeness (QED) is 0.531. The minimum atomic E-state index is -5.40. The molecule has 11 heteroatoms. The highest BCUT2D eigenvalue weighted by atomic mass is 127. The lowest BCUT2D eigenvalue weighted by atomic mass is 10.2. The van der Waals surface area contributed by atoms with Gasteiger partial charge in [0.15, 0.2) is 11.4 Å². The Morgan fingerprint density at radius 3 is 2.00 bits per heavy atom. The van der Waals surface area contributed by atoms with Crippen LogP contribution in [0.2, 0.25) is 0 Å². The third-order valence-corrected chi connectivity index (χ3v) is 2.72. The first kappa shape index (κ1) is 16.2. The molecule has 0 aromatic carbocycles. The van der Waals surface area contributed by atoms with Crippen LogP contribution in [-0.4, -0.2) is 11.3 Å². The van der Waals surface area contributed by atoms with Gasteiger partial charge in [-0.15, -0.1) is 13.2 Å². The topological polar surface area (TPSA) is 22.1 Å². The summed E-state index contributed by atoms with van der Waals surface area (Å²) in [5.41, 5.74) is -3.09. The third-order valence-electron chi connectivity index (χ3n) is 1.72. The van der Waals surface area contributed by atoms with Crippen LogP contribution in [-0.2, 0) is 6.18 Å². The van der Waals surface area contributed by atoms with Gasteiger partial charge in [0.05, 0.1) is 9.13 Å². The van der Waals surface area contributed by atoms with Gasteiger partial charge in [-0.3, -0.25) is 0 Å². The summed E-state index contributed by atoms with van der Waals surface area (Å²) in [6.07, 6.45) is -13.9. The van der Waals surface area contributed by atoms with Crippen molar-refractivity contribution in [1.82, 2.24) is 4.98 Å². The summed E-state index contributed by atoms with van der Waals surface area (Å²) in [6, 6.07) is 0. The molecule has 0 radical (unpaired) electrons. The zero-order chi connectivity index (χ0) is 15.0. The monoisotopic (exact) mass is 407 g/mol. The van der Waals surface area contributed by atoms with E-state index >= 15 is 0 Å². The fourth-order valence-electron chi connectivity index (χ4n) is 1.06. The summed E-state index contributed by atoms with van der Waals surface area (Å²) in [5, 5.41) is 0. The molecular formula is C8H2F8INO. The van der Waals surface area contributed by atoms with Crippen molar-refractivity contribution in [2.24, 2.45) is 0 Å². The summed E-state index contributed by atoms with van der Waals surface area (Å²) >= 11 is 0.824. The molecular weight excluding hydrogens is 405 g/mol. The second-order valence-electron chi connectivity index (χ2n) is 3.05. The molecule has 0 spiro atoms. The Balaban J connectivity index is 3.45. The Morgan fingerprint density at radius 2 is 1.63 bits per heavy atom. The minimum absolute atomic E-state index is 0.0106. The number of halogens is 9. The third kappa shape index (κ3) is 4.04. The van der Waals surface area contributed by atoms with E-state index in [1.807, 2.05) is 0 Å². The molecule has 0 saturated carbocycles. The number of nitrogens with zero attached hydrogens (tertiary/aromatic N) is 1. The second kappa shape index (κ2) is 5.25. The number of hydrogen-bond acceptors (Lipinski definition) is 2. The van der Waals surface area contributed by atoms with Crippen molar-refractivity contribution < 1.29 is 39.9 Å². The largest absolute Gasteiger partial charge is 0.573 e. The number of ether oxygens (including phenoxy) is 1. The van der Waals surface area contributed by atoms with Crippen LogP contribution in [0.4, 0.5) is 35.1 Å². The Hall–Kier alpha value is -0.880. The number of aromatic nitrogens is 1. The molecule has 19 heavy (non-hydrogen) atoms. The fourth-order valence-corrected chi connectivity index (χ4v) is 1.92. The van der Waals surface area contributed by atoms with Crippen LogP contribution in [0.5, 0.6) is 5.75 Å². The van der Waals surface area contributed by atoms with E-state index in [0.29, 0.717) is 0 Å². The normalized spacial score (nSPS) is 12.9. The zero-order valence-corrected chi connectivity index (χ0v) is 10.6. The Morgan fingerprint density at radius 1 is 1.11 bits per heavy atom. The van der Waals surface area contributed by atoms with Crippen molar-refractivity contribution in [2.45, 2.75) is 19.0 Å². The summed E-state index contributed by atoms with van der Waals surface area (Å²) in [4.78, 5) is 2.70. The van der Waals surface area contributed by atoms with Crippen molar-refractivity contribution in [3.8, 4) is 5.75 Å². The van der Waals surface area contributed by atoms with Gasteiger partial charge < -0.3 is 4.74 Å². The molecule has 1 rings (SSSR count). The zero-order valence-electron chi connectivity index (χ0n) is 8.41. The first-order valence-corrected chi connectivity index (χ1v) is 5.31. The summed E-state index contributed by atoms with van der Waals surface area (Å²) in [5.74, 6) is -1.59. The molecule has 0 aliphatic heterocycles. The number of pyridine rings is 1. The van der Waals surface area contributed by atoms with E-state index in [-0.39, 0.29) is 6.20 Å². The van der Waals surface area contributed by atoms with Gasteiger partial charge in [0.1, 0.15) is 0 Å². The van der Waals surface area contributed by atoms with E-state index in [4.69, 9.17) is 0 Å². The summed E-state index contributed by atoms with van der Waals surface area (Å²) < 4.78 is 100. The SMILES string of the molecule is FC(F)c1cnc(C(F)(F)F)c(I)c1OC(F)(F)F. The molecule has 1 heterocycles. The Kier molecular flexibility index (Phi) is 4.47. The molecule has 1 aromatic rings. The van der Waals surface area contributed by atoms with Gasteiger partial charge in [0, 0.05) is 6.20 Å². The highest BCUT2D eigenvalue weighted by Crippen LogP contribution is 2.41. The smallest absolute Gasteiger partial charge is 0.404 e. The van der Waals surface area contributed by atoms with Crippen molar-refractivity contribution in [1.29, 1.82) is 0 Å². The molecule has 0 saturated heterocycles. The molecule has 108 valence electrons. The van der Waals surface area contributed by atoms with Crippen LogP contribution < -0.4 is 4.74 Å². The van der Waals surface area contributed by atoms with Crippen LogP contribution >= 0.6 is 22.6 Å². The predicted octanol–water partition coefficient (Wildman–Crippen LogP) is 4.54. The van der Waals surface area contributed by atoms with Gasteiger partial charge in [-0.25, -0.2) is 13.8 Å². The molecule has 0 amide bonds. The van der Waals surface area contributed by atoms with E-state index in [0.717, 1.165) is 22.6 Å². The molecule has 0 atom stereocenters. The van der Waals surface area contributed by atoms with Crippen LogP contribution in [0.15, 0.2) is 6.20 Å². The highest BCUT2D eigenvalue weighted by molar-refractivity contribution is 14.1. The van der Waals surface area contributed by atoms with Crippen LogP contribution in [0, 0.1) is 3.57 Å². The first-order valence-electron chi connectivity index (χ1n) is 4.23. The summed E-state index contributed by atoms with van der Waals surface area (Å²) in [6.45, 7) is 0. The van der Waals surface area contributed by atoms with Crippen molar-refractivity contribution in [2.75, 3.05) is 0 Å². The molecule has 0 fully saturated rings. The van der Waals surface area contributed by atoms with E-state index in [9.17, 15) is 35.1 Å². The van der Waals surface area contributed by atoms with Gasteiger partial charge >= 0.3 is 12.5 Å². The van der Waals surface area contributed by atoms with E-state index in [2.05, 4.69) is 9.72 Å². The Bertz CT molecular complexity index is 469. The predicted molar refractivity (Wildman–Crippen MR) is 53.6 cm³/mol. The van der Waals surface area contributed by atoms with Gasteiger partial charge in [-0.05, 0) is 22.6 Å². The lowest BCUT2D eigenvalue weighted by molar-refractivity contribution is -0.275. The minimum Gasteiger partial charge on any atom is -0.404 e. The van der Waals surface area contributed by atoms with Gasteiger partial charge in [0.2, 0.25) is 0 Å². The van der Waals surface area contributed by atoms with Gasteiger partial charge in [-0.2, -0.15) is 13.2 Å². The fraction of sp³-hybridized carbons (Fsp3) is 0.375. The maximum absolute atomic E-state index is 12.4. The number of hydrogen-bond donors (Lipinski definition) is 0. The first-order chi connectivity index (χ1) is 8.43. The number of rotatable bonds is 2. The molecule has 0 aliphatic rings. The molecule has 0 bridgehead atoms. The average molecular weight is 407 g/mol. The number of alkyl halides is 8. The van der Waals surface area contributed by atoms with Gasteiger partial charge in [-0.1, -0.05) is 0 Å². The molecule has 2 nitrogen and oxygen atoms in total. The lowest BCUT2D eigenvalue weighted by Gasteiger charge is -2.17. The lowest BCUT2D eigenvalue weighted by Crippen LogP contribution is -2.21. The van der Waals surface area contributed by atoms with Gasteiger partial charge in [0.25, 0.3) is 6.43 Å². The van der Waals surface area contributed by atoms with E-state index < -0.39 is 39.5 Å². The Labute approximate surface area is 113 Å². The molecule has 0 N–H and O–H groups in total. The molecule has 0 aliphatic carbocycles. The molecule has 1 aromatic heterocycles. The highest BCUT2D eigenvalue weighted by Gasteiger charge is 2.41. The van der Waals surface area contributed by atoms with Crippen LogP contribution in [0.1, 0.15) is 17.7 Å². The van der Waals surface area contributed by atoms with Crippen molar-refractivity contribution in [3.63, 3.8) is 0 Å². The maximum Gasteiger partial charge on any atom is 0.573 e. The van der Waals surface area contributed by atoms with E-state index in [1.165, 1.54) is 0 Å². The van der Waals surface area contributed by atoms with E-state index in [1.54, 1.807) is 0 Å². The van der Waals surface area contributed by atoms with Crippen molar-refractivity contribution in [3.05, 3.63) is 21.0 Å². The van der Waals surface area contributed by atoms with Crippen molar-refractivity contribution >= 4 is 22.6 Å². The standard InChI is InChI=1S/C8H2F8INO/c9-6(10)2-1-18-5(7(11,12)13)3(17)4(2)19-8(14,15)16/h1,6H. The van der Waals surface area contributed by atoms with Crippen LogP contribution in [0.25, 0.3) is 0 Å². The average Bonchev–Trinajstić information content (AvgIpc) is 2.16.